The third kappa shape index (κ3) is 4.40. The Morgan fingerprint density at radius 2 is 2.11 bits per heavy atom. The molecule has 3 rings (SSSR count). The number of ether oxygens (including phenoxy) is 1. The molecule has 3 atom stereocenters. The van der Waals surface area contributed by atoms with Crippen molar-refractivity contribution < 1.29 is 19.4 Å². The van der Waals surface area contributed by atoms with E-state index in [1.54, 1.807) is 18.3 Å². The van der Waals surface area contributed by atoms with Crippen LogP contribution in [0.4, 0.5) is 0 Å². The molecule has 150 valence electrons. The highest BCUT2D eigenvalue weighted by Gasteiger charge is 2.40. The first-order chi connectivity index (χ1) is 13.4. The summed E-state index contributed by atoms with van der Waals surface area (Å²) in [5, 5.41) is 12.8. The second-order valence-electron chi connectivity index (χ2n) is 6.96. The van der Waals surface area contributed by atoms with Gasteiger partial charge in [-0.15, -0.1) is 11.3 Å². The molecule has 1 aromatic carbocycles. The van der Waals surface area contributed by atoms with Gasteiger partial charge < -0.3 is 20.1 Å². The van der Waals surface area contributed by atoms with E-state index >= 15 is 0 Å². The van der Waals surface area contributed by atoms with Gasteiger partial charge in [-0.2, -0.15) is 0 Å². The molecule has 0 spiro atoms. The standard InChI is InChI=1S/C20H25N3O4S/c1-12-18(28-11-22-12)15-6-4-14(5-7-15)9-21-19(25)17-8-16(24)10-23(17)20(26)13(2)27-3/h4-7,11,13,16-17,24H,8-10H2,1-3H3,(H,21,25). The molecule has 3 unspecified atom stereocenters. The molecule has 8 heteroatoms. The molecule has 0 saturated carbocycles. The van der Waals surface area contributed by atoms with Crippen molar-refractivity contribution >= 4 is 23.2 Å². The Morgan fingerprint density at radius 3 is 2.71 bits per heavy atom. The number of carbonyl (C=O) groups is 2. The molecule has 2 N–H and O–H groups in total. The van der Waals surface area contributed by atoms with Gasteiger partial charge in [-0.3, -0.25) is 9.59 Å². The molecular formula is C20H25N3O4S. The second kappa shape index (κ2) is 8.81. The molecule has 7 nitrogen and oxygen atoms in total. The van der Waals surface area contributed by atoms with Crippen LogP contribution in [0.3, 0.4) is 0 Å². The zero-order chi connectivity index (χ0) is 20.3. The predicted molar refractivity (Wildman–Crippen MR) is 107 cm³/mol. The monoisotopic (exact) mass is 403 g/mol. The first kappa shape index (κ1) is 20.4. The number of benzene rings is 1. The van der Waals surface area contributed by atoms with Gasteiger partial charge in [-0.1, -0.05) is 24.3 Å². The number of thiazole rings is 1. The second-order valence-corrected chi connectivity index (χ2v) is 7.81. The van der Waals surface area contributed by atoms with Gasteiger partial charge in [0.2, 0.25) is 5.91 Å². The van der Waals surface area contributed by atoms with Crippen molar-refractivity contribution in [2.45, 2.75) is 45.1 Å². The number of hydrogen-bond donors (Lipinski definition) is 2. The Hall–Kier alpha value is -2.29. The Bertz CT molecular complexity index is 836. The van der Waals surface area contributed by atoms with Crippen LogP contribution in [-0.2, 0) is 20.9 Å². The van der Waals surface area contributed by atoms with E-state index in [1.807, 2.05) is 36.7 Å². The van der Waals surface area contributed by atoms with E-state index in [-0.39, 0.29) is 24.8 Å². The zero-order valence-corrected chi connectivity index (χ0v) is 17.0. The van der Waals surface area contributed by atoms with Crippen LogP contribution in [0, 0.1) is 6.92 Å². The summed E-state index contributed by atoms with van der Waals surface area (Å²) in [6, 6.07) is 7.27. The minimum absolute atomic E-state index is 0.146. The minimum Gasteiger partial charge on any atom is -0.391 e. The molecule has 2 amide bonds. The number of aliphatic hydroxyl groups is 1. The average Bonchev–Trinajstić information content (AvgIpc) is 3.30. The van der Waals surface area contributed by atoms with Crippen molar-refractivity contribution in [3.63, 3.8) is 0 Å². The molecule has 28 heavy (non-hydrogen) atoms. The fraction of sp³-hybridized carbons (Fsp3) is 0.450. The van der Waals surface area contributed by atoms with E-state index < -0.39 is 18.2 Å². The summed E-state index contributed by atoms with van der Waals surface area (Å²) < 4.78 is 5.06. The van der Waals surface area contributed by atoms with Crippen LogP contribution in [0.2, 0.25) is 0 Å². The Kier molecular flexibility index (Phi) is 6.43. The molecule has 1 saturated heterocycles. The maximum Gasteiger partial charge on any atom is 0.252 e. The number of aliphatic hydroxyl groups excluding tert-OH is 1. The van der Waals surface area contributed by atoms with Crippen molar-refractivity contribution in [1.29, 1.82) is 0 Å². The maximum absolute atomic E-state index is 12.6. The Balaban J connectivity index is 1.61. The summed E-state index contributed by atoms with van der Waals surface area (Å²) in [6.07, 6.45) is -1.12. The quantitative estimate of drug-likeness (QED) is 0.766. The van der Waals surface area contributed by atoms with Crippen molar-refractivity contribution in [1.82, 2.24) is 15.2 Å². The highest BCUT2D eigenvalue weighted by atomic mass is 32.1. The molecule has 1 aliphatic rings. The number of aromatic nitrogens is 1. The number of aryl methyl sites for hydroxylation is 1. The summed E-state index contributed by atoms with van der Waals surface area (Å²) in [4.78, 5) is 31.8. The Morgan fingerprint density at radius 1 is 1.39 bits per heavy atom. The lowest BCUT2D eigenvalue weighted by molar-refractivity contribution is -0.146. The first-order valence-corrected chi connectivity index (χ1v) is 10.1. The molecule has 1 fully saturated rings. The molecule has 0 radical (unpaired) electrons. The van der Waals surface area contributed by atoms with E-state index in [2.05, 4.69) is 10.3 Å². The highest BCUT2D eigenvalue weighted by Crippen LogP contribution is 2.27. The summed E-state index contributed by atoms with van der Waals surface area (Å²) in [7, 11) is 1.45. The number of hydrogen-bond acceptors (Lipinski definition) is 6. The van der Waals surface area contributed by atoms with Gasteiger partial charge in [0, 0.05) is 26.6 Å². The fourth-order valence-electron chi connectivity index (χ4n) is 3.30. The summed E-state index contributed by atoms with van der Waals surface area (Å²) in [6.45, 7) is 4.12. The molecular weight excluding hydrogens is 378 g/mol. The van der Waals surface area contributed by atoms with Gasteiger partial charge >= 0.3 is 0 Å². The largest absolute Gasteiger partial charge is 0.391 e. The van der Waals surface area contributed by atoms with Gasteiger partial charge in [0.1, 0.15) is 12.1 Å². The summed E-state index contributed by atoms with van der Waals surface area (Å²) in [5.41, 5.74) is 4.88. The number of amides is 2. The minimum atomic E-state index is -0.703. The predicted octanol–water partition coefficient (Wildman–Crippen LogP) is 1.73. The normalized spacial score (nSPS) is 20.2. The van der Waals surface area contributed by atoms with Crippen LogP contribution in [-0.4, -0.2) is 58.7 Å². The van der Waals surface area contributed by atoms with Crippen LogP contribution < -0.4 is 5.32 Å². The Labute approximate surface area is 168 Å². The van der Waals surface area contributed by atoms with Crippen LogP contribution in [0.5, 0.6) is 0 Å². The van der Waals surface area contributed by atoms with E-state index in [0.29, 0.717) is 6.54 Å². The number of β-amino-alcohol motifs (C(OH)–C–C–N with tert-alkyl or cyclic N) is 1. The fourth-order valence-corrected chi connectivity index (χ4v) is 4.11. The summed E-state index contributed by atoms with van der Waals surface area (Å²) in [5.74, 6) is -0.556. The van der Waals surface area contributed by atoms with Gasteiger partial charge in [0.05, 0.1) is 22.2 Å². The molecule has 1 aliphatic heterocycles. The van der Waals surface area contributed by atoms with Crippen molar-refractivity contribution in [3.8, 4) is 10.4 Å². The molecule has 2 aromatic rings. The van der Waals surface area contributed by atoms with E-state index in [4.69, 9.17) is 4.74 Å². The smallest absolute Gasteiger partial charge is 0.252 e. The SMILES string of the molecule is COC(C)C(=O)N1CC(O)CC1C(=O)NCc1ccc(-c2scnc2C)cc1. The summed E-state index contributed by atoms with van der Waals surface area (Å²) >= 11 is 1.60. The van der Waals surface area contributed by atoms with Crippen LogP contribution in [0.25, 0.3) is 10.4 Å². The number of carbonyl (C=O) groups excluding carboxylic acids is 2. The number of rotatable bonds is 6. The lowest BCUT2D eigenvalue weighted by Gasteiger charge is -2.26. The maximum atomic E-state index is 12.6. The molecule has 2 heterocycles. The van der Waals surface area contributed by atoms with Crippen molar-refractivity contribution in [2.75, 3.05) is 13.7 Å². The lowest BCUT2D eigenvalue weighted by atomic mass is 10.1. The van der Waals surface area contributed by atoms with Crippen molar-refractivity contribution in [3.05, 3.63) is 41.0 Å². The van der Waals surface area contributed by atoms with E-state index in [1.165, 1.54) is 12.0 Å². The number of methoxy groups -OCH3 is 1. The molecule has 0 aliphatic carbocycles. The third-order valence-electron chi connectivity index (χ3n) is 4.99. The van der Waals surface area contributed by atoms with Gasteiger partial charge in [0.15, 0.2) is 0 Å². The van der Waals surface area contributed by atoms with Gasteiger partial charge in [0.25, 0.3) is 5.91 Å². The topological polar surface area (TPSA) is 91.8 Å². The van der Waals surface area contributed by atoms with Crippen molar-refractivity contribution in [2.24, 2.45) is 0 Å². The van der Waals surface area contributed by atoms with Crippen LogP contribution >= 0.6 is 11.3 Å². The number of nitrogens with one attached hydrogen (secondary N) is 1. The van der Waals surface area contributed by atoms with Crippen LogP contribution in [0.15, 0.2) is 29.8 Å². The van der Waals surface area contributed by atoms with E-state index in [0.717, 1.165) is 21.7 Å². The van der Waals surface area contributed by atoms with Crippen LogP contribution in [0.1, 0.15) is 24.6 Å². The number of nitrogens with zero attached hydrogens (tertiary/aromatic N) is 2. The zero-order valence-electron chi connectivity index (χ0n) is 16.2. The molecule has 0 bridgehead atoms. The van der Waals surface area contributed by atoms with E-state index in [9.17, 15) is 14.7 Å². The van der Waals surface area contributed by atoms with Gasteiger partial charge in [-0.05, 0) is 25.0 Å². The number of likely N-dealkylation sites (tertiary alicyclic amines) is 1. The first-order valence-electron chi connectivity index (χ1n) is 9.19. The third-order valence-corrected chi connectivity index (χ3v) is 5.97. The average molecular weight is 404 g/mol. The van der Waals surface area contributed by atoms with Gasteiger partial charge in [-0.25, -0.2) is 4.98 Å². The molecule has 1 aromatic heterocycles. The highest BCUT2D eigenvalue weighted by molar-refractivity contribution is 7.13. The lowest BCUT2D eigenvalue weighted by Crippen LogP contribution is -2.48.